The molecule has 1 N–H and O–H groups in total. The standard InChI is InChI=1S/C16H24N2O2/c1-5-20-16(17-11-10-12(2)3)18-15(19)14-9-7-6-8-13(14)4/h6-9,12H,5,10-11H2,1-4H3,(H,17,18,19). The first kappa shape index (κ1) is 16.2. The van der Waals surface area contributed by atoms with E-state index in [0.717, 1.165) is 12.0 Å². The second kappa shape index (κ2) is 8.35. The Labute approximate surface area is 121 Å². The van der Waals surface area contributed by atoms with Crippen LogP contribution in [0, 0.1) is 12.8 Å². The summed E-state index contributed by atoms with van der Waals surface area (Å²) in [7, 11) is 0. The van der Waals surface area contributed by atoms with E-state index >= 15 is 0 Å². The monoisotopic (exact) mass is 276 g/mol. The molecule has 0 bridgehead atoms. The summed E-state index contributed by atoms with van der Waals surface area (Å²) in [6.07, 6.45) is 0.969. The first-order valence-electron chi connectivity index (χ1n) is 7.08. The molecule has 0 saturated carbocycles. The van der Waals surface area contributed by atoms with Crippen LogP contribution < -0.4 is 5.32 Å². The van der Waals surface area contributed by atoms with Gasteiger partial charge in [0.2, 0.25) is 0 Å². The van der Waals surface area contributed by atoms with E-state index in [1.807, 2.05) is 32.0 Å². The van der Waals surface area contributed by atoms with E-state index in [1.165, 1.54) is 0 Å². The van der Waals surface area contributed by atoms with Gasteiger partial charge in [-0.2, -0.15) is 0 Å². The quantitative estimate of drug-likeness (QED) is 0.663. The minimum Gasteiger partial charge on any atom is -0.465 e. The number of benzene rings is 1. The van der Waals surface area contributed by atoms with Gasteiger partial charge < -0.3 is 4.74 Å². The highest BCUT2D eigenvalue weighted by Gasteiger charge is 2.11. The van der Waals surface area contributed by atoms with Gasteiger partial charge in [0.15, 0.2) is 0 Å². The predicted octanol–water partition coefficient (Wildman–Crippen LogP) is 3.16. The van der Waals surface area contributed by atoms with Crippen LogP contribution in [0.3, 0.4) is 0 Å². The summed E-state index contributed by atoms with van der Waals surface area (Å²) in [6.45, 7) is 9.20. The number of hydrogen-bond acceptors (Lipinski definition) is 3. The molecule has 1 amide bonds. The van der Waals surface area contributed by atoms with Gasteiger partial charge in [0.05, 0.1) is 6.61 Å². The third-order valence-corrected chi connectivity index (χ3v) is 2.85. The molecule has 4 heteroatoms. The molecule has 20 heavy (non-hydrogen) atoms. The summed E-state index contributed by atoms with van der Waals surface area (Å²) in [5.41, 5.74) is 1.58. The van der Waals surface area contributed by atoms with E-state index in [-0.39, 0.29) is 5.91 Å². The number of nitrogens with zero attached hydrogens (tertiary/aromatic N) is 1. The molecule has 1 aromatic carbocycles. The van der Waals surface area contributed by atoms with Gasteiger partial charge in [-0.15, -0.1) is 0 Å². The Kier molecular flexibility index (Phi) is 6.77. The van der Waals surface area contributed by atoms with Crippen LogP contribution >= 0.6 is 0 Å². The molecular weight excluding hydrogens is 252 g/mol. The molecule has 0 heterocycles. The zero-order valence-corrected chi connectivity index (χ0v) is 12.8. The van der Waals surface area contributed by atoms with Crippen molar-refractivity contribution in [2.45, 2.75) is 34.1 Å². The molecule has 4 nitrogen and oxygen atoms in total. The Morgan fingerprint density at radius 2 is 2.05 bits per heavy atom. The van der Waals surface area contributed by atoms with Crippen molar-refractivity contribution in [3.63, 3.8) is 0 Å². The van der Waals surface area contributed by atoms with E-state index in [4.69, 9.17) is 4.74 Å². The highest BCUT2D eigenvalue weighted by molar-refractivity contribution is 6.04. The number of rotatable bonds is 5. The number of carbonyl (C=O) groups excluding carboxylic acids is 1. The Hall–Kier alpha value is -1.84. The minimum atomic E-state index is -0.181. The van der Waals surface area contributed by atoms with Crippen molar-refractivity contribution in [3.05, 3.63) is 35.4 Å². The SMILES string of the molecule is CCOC(=NCCC(C)C)NC(=O)c1ccccc1C. The maximum atomic E-state index is 12.2. The van der Waals surface area contributed by atoms with Crippen LogP contribution in [-0.2, 0) is 4.74 Å². The van der Waals surface area contributed by atoms with Crippen LogP contribution in [0.1, 0.15) is 43.1 Å². The lowest BCUT2D eigenvalue weighted by molar-refractivity contribution is 0.0965. The number of amides is 1. The summed E-state index contributed by atoms with van der Waals surface area (Å²) in [6, 6.07) is 7.76. The number of nitrogens with one attached hydrogen (secondary N) is 1. The molecule has 0 aliphatic rings. The van der Waals surface area contributed by atoms with Gasteiger partial charge in [0, 0.05) is 12.1 Å². The summed E-state index contributed by atoms with van der Waals surface area (Å²) in [4.78, 5) is 16.5. The zero-order chi connectivity index (χ0) is 15.0. The number of hydrogen-bond donors (Lipinski definition) is 1. The van der Waals surface area contributed by atoms with Crippen molar-refractivity contribution in [3.8, 4) is 0 Å². The second-order valence-corrected chi connectivity index (χ2v) is 5.07. The number of ether oxygens (including phenoxy) is 1. The summed E-state index contributed by atoms with van der Waals surface area (Å²) < 4.78 is 5.37. The van der Waals surface area contributed by atoms with E-state index in [9.17, 15) is 4.79 Å². The second-order valence-electron chi connectivity index (χ2n) is 5.07. The van der Waals surface area contributed by atoms with Crippen molar-refractivity contribution in [1.29, 1.82) is 0 Å². The van der Waals surface area contributed by atoms with Crippen LogP contribution in [0.25, 0.3) is 0 Å². The first-order valence-corrected chi connectivity index (χ1v) is 7.08. The first-order chi connectivity index (χ1) is 9.54. The lowest BCUT2D eigenvalue weighted by Gasteiger charge is -2.11. The molecule has 0 saturated heterocycles. The van der Waals surface area contributed by atoms with Gasteiger partial charge in [-0.1, -0.05) is 32.0 Å². The number of aliphatic imine (C=N–C) groups is 1. The van der Waals surface area contributed by atoms with Crippen molar-refractivity contribution in [2.75, 3.05) is 13.2 Å². The van der Waals surface area contributed by atoms with Crippen molar-refractivity contribution in [1.82, 2.24) is 5.32 Å². The predicted molar refractivity (Wildman–Crippen MR) is 82.0 cm³/mol. The highest BCUT2D eigenvalue weighted by Crippen LogP contribution is 2.06. The number of carbonyl (C=O) groups is 1. The van der Waals surface area contributed by atoms with Crippen LogP contribution in [0.15, 0.2) is 29.3 Å². The Morgan fingerprint density at radius 3 is 2.65 bits per heavy atom. The van der Waals surface area contributed by atoms with Crippen LogP contribution in [0.2, 0.25) is 0 Å². The smallest absolute Gasteiger partial charge is 0.291 e. The van der Waals surface area contributed by atoms with Crippen LogP contribution in [0.4, 0.5) is 0 Å². The van der Waals surface area contributed by atoms with E-state index in [1.54, 1.807) is 6.07 Å². The molecule has 0 atom stereocenters. The summed E-state index contributed by atoms with van der Waals surface area (Å²) >= 11 is 0. The Bertz CT molecular complexity index is 467. The molecule has 0 radical (unpaired) electrons. The third-order valence-electron chi connectivity index (χ3n) is 2.85. The van der Waals surface area contributed by atoms with Crippen molar-refractivity contribution >= 4 is 11.9 Å². The van der Waals surface area contributed by atoms with E-state index in [0.29, 0.717) is 30.7 Å². The van der Waals surface area contributed by atoms with Gasteiger partial charge in [-0.25, -0.2) is 4.99 Å². The lowest BCUT2D eigenvalue weighted by atomic mass is 10.1. The van der Waals surface area contributed by atoms with Crippen LogP contribution in [0.5, 0.6) is 0 Å². The van der Waals surface area contributed by atoms with Gasteiger partial charge in [-0.05, 0) is 37.8 Å². The van der Waals surface area contributed by atoms with Crippen LogP contribution in [-0.4, -0.2) is 25.1 Å². The largest absolute Gasteiger partial charge is 0.465 e. The molecule has 1 rings (SSSR count). The normalized spacial score (nSPS) is 11.6. The Morgan fingerprint density at radius 1 is 1.35 bits per heavy atom. The lowest BCUT2D eigenvalue weighted by Crippen LogP contribution is -2.33. The number of aryl methyl sites for hydroxylation is 1. The average Bonchev–Trinajstić information content (AvgIpc) is 2.38. The van der Waals surface area contributed by atoms with Gasteiger partial charge >= 0.3 is 0 Å². The van der Waals surface area contributed by atoms with Gasteiger partial charge in [0.1, 0.15) is 0 Å². The molecule has 0 unspecified atom stereocenters. The third kappa shape index (κ3) is 5.43. The van der Waals surface area contributed by atoms with Crippen molar-refractivity contribution in [2.24, 2.45) is 10.9 Å². The molecule has 1 aromatic rings. The van der Waals surface area contributed by atoms with E-state index in [2.05, 4.69) is 24.2 Å². The molecule has 0 aliphatic heterocycles. The fraction of sp³-hybridized carbons (Fsp3) is 0.500. The van der Waals surface area contributed by atoms with Gasteiger partial charge in [-0.3, -0.25) is 10.1 Å². The molecule has 0 aromatic heterocycles. The topological polar surface area (TPSA) is 50.7 Å². The maximum absolute atomic E-state index is 12.2. The molecule has 0 aliphatic carbocycles. The Balaban J connectivity index is 2.70. The molecule has 0 spiro atoms. The maximum Gasteiger partial charge on any atom is 0.291 e. The fourth-order valence-corrected chi connectivity index (χ4v) is 1.67. The van der Waals surface area contributed by atoms with Crippen molar-refractivity contribution < 1.29 is 9.53 Å². The number of amidine groups is 1. The average molecular weight is 276 g/mol. The zero-order valence-electron chi connectivity index (χ0n) is 12.8. The molecule has 0 fully saturated rings. The summed E-state index contributed by atoms with van der Waals surface area (Å²) in [5.74, 6) is 0.397. The minimum absolute atomic E-state index is 0.181. The highest BCUT2D eigenvalue weighted by atomic mass is 16.5. The molecule has 110 valence electrons. The fourth-order valence-electron chi connectivity index (χ4n) is 1.67. The van der Waals surface area contributed by atoms with E-state index < -0.39 is 0 Å². The van der Waals surface area contributed by atoms with Gasteiger partial charge in [0.25, 0.3) is 11.9 Å². The molecular formula is C16H24N2O2. The summed E-state index contributed by atoms with van der Waals surface area (Å²) in [5, 5.41) is 2.74.